The topological polar surface area (TPSA) is 63.8 Å². The van der Waals surface area contributed by atoms with Crippen molar-refractivity contribution in [2.45, 2.75) is 20.3 Å². The van der Waals surface area contributed by atoms with Crippen LogP contribution in [0.25, 0.3) is 33.5 Å². The summed E-state index contributed by atoms with van der Waals surface area (Å²) in [5, 5.41) is 9.14. The molecule has 0 spiro atoms. The van der Waals surface area contributed by atoms with Gasteiger partial charge in [-0.1, -0.05) is 25.4 Å². The number of benzene rings is 2. The van der Waals surface area contributed by atoms with Gasteiger partial charge in [0, 0.05) is 29.7 Å². The summed E-state index contributed by atoms with van der Waals surface area (Å²) in [5.74, 6) is 0.745. The van der Waals surface area contributed by atoms with Crippen molar-refractivity contribution < 1.29 is 0 Å². The second kappa shape index (κ2) is 8.43. The average molecular weight is 411 g/mol. The Kier molecular flexibility index (Phi) is 5.74. The third-order valence-corrected chi connectivity index (χ3v) is 5.75. The number of aromatic amines is 2. The monoisotopic (exact) mass is 410 g/mol. The molecule has 0 bridgehead atoms. The van der Waals surface area contributed by atoms with E-state index in [-0.39, 0.29) is 0 Å². The number of nitrogens with one attached hydrogen (secondary N) is 2. The van der Waals surface area contributed by atoms with Crippen LogP contribution in [-0.2, 0) is 0 Å². The van der Waals surface area contributed by atoms with Gasteiger partial charge in [0.2, 0.25) is 0 Å². The van der Waals surface area contributed by atoms with E-state index in [1.54, 1.807) is 0 Å². The molecule has 4 aromatic rings. The van der Waals surface area contributed by atoms with E-state index in [0.29, 0.717) is 5.02 Å². The number of H-pyrrole nitrogens is 2. The predicted molar refractivity (Wildman–Crippen MR) is 122 cm³/mol. The molecule has 4 rings (SSSR count). The third kappa shape index (κ3) is 4.09. The molecule has 29 heavy (non-hydrogen) atoms. The first kappa shape index (κ1) is 19.7. The van der Waals surface area contributed by atoms with Crippen LogP contribution in [0.4, 0.5) is 5.69 Å². The normalized spacial score (nSPS) is 11.8. The molecule has 0 aliphatic heterocycles. The number of halogens is 1. The lowest BCUT2D eigenvalue weighted by molar-refractivity contribution is 0.301. The molecule has 0 saturated heterocycles. The van der Waals surface area contributed by atoms with Gasteiger partial charge in [-0.15, -0.1) is 0 Å². The van der Waals surface area contributed by atoms with E-state index in [1.165, 1.54) is 5.69 Å². The molecule has 0 aliphatic rings. The van der Waals surface area contributed by atoms with E-state index in [2.05, 4.69) is 64.1 Å². The van der Waals surface area contributed by atoms with Crippen molar-refractivity contribution in [2.75, 3.05) is 38.1 Å². The van der Waals surface area contributed by atoms with Crippen molar-refractivity contribution in [3.63, 3.8) is 0 Å². The molecule has 0 saturated carbocycles. The van der Waals surface area contributed by atoms with Crippen LogP contribution in [0.3, 0.4) is 0 Å². The van der Waals surface area contributed by atoms with Crippen LogP contribution >= 0.6 is 11.6 Å². The van der Waals surface area contributed by atoms with Gasteiger partial charge in [-0.25, -0.2) is 4.98 Å². The highest BCUT2D eigenvalue weighted by Crippen LogP contribution is 2.29. The number of imidazole rings is 1. The minimum absolute atomic E-state index is 0.685. The number of anilines is 1. The van der Waals surface area contributed by atoms with Gasteiger partial charge < -0.3 is 14.8 Å². The largest absolute Gasteiger partial charge is 0.374 e. The fourth-order valence-electron chi connectivity index (χ4n) is 3.71. The van der Waals surface area contributed by atoms with Crippen molar-refractivity contribution >= 4 is 39.2 Å². The van der Waals surface area contributed by atoms with E-state index in [1.807, 2.05) is 18.2 Å². The van der Waals surface area contributed by atoms with Crippen molar-refractivity contribution in [1.82, 2.24) is 25.1 Å². The number of hydrogen-bond donors (Lipinski definition) is 2. The van der Waals surface area contributed by atoms with Crippen molar-refractivity contribution in [3.8, 4) is 11.5 Å². The highest BCUT2D eigenvalue weighted by Gasteiger charge is 2.14. The Labute approximate surface area is 175 Å². The number of aromatic nitrogens is 4. The Hall–Kier alpha value is -2.57. The molecule has 7 heteroatoms. The zero-order chi connectivity index (χ0) is 20.4. The predicted octanol–water partition coefficient (Wildman–Crippen LogP) is 4.93. The zero-order valence-electron chi connectivity index (χ0n) is 17.2. The highest BCUT2D eigenvalue weighted by atomic mass is 35.5. The molecular formula is C22H27ClN6. The van der Waals surface area contributed by atoms with Crippen LogP contribution in [0.15, 0.2) is 36.4 Å². The molecule has 2 heterocycles. The summed E-state index contributed by atoms with van der Waals surface area (Å²) in [6, 6.07) is 12.1. The third-order valence-electron chi connectivity index (χ3n) is 5.52. The molecule has 0 unspecified atom stereocenters. The van der Waals surface area contributed by atoms with Crippen LogP contribution in [0.1, 0.15) is 20.3 Å². The summed E-state index contributed by atoms with van der Waals surface area (Å²) in [7, 11) is 2.14. The summed E-state index contributed by atoms with van der Waals surface area (Å²) in [6.45, 7) is 8.79. The fourth-order valence-corrected chi connectivity index (χ4v) is 3.89. The fraction of sp³-hybridized carbons (Fsp3) is 0.364. The zero-order valence-corrected chi connectivity index (χ0v) is 17.9. The van der Waals surface area contributed by atoms with Crippen LogP contribution in [0.5, 0.6) is 0 Å². The van der Waals surface area contributed by atoms with Crippen LogP contribution in [-0.4, -0.2) is 58.3 Å². The number of fused-ring (bicyclic) bond motifs is 2. The molecule has 2 N–H and O–H groups in total. The Bertz CT molecular complexity index is 1110. The summed E-state index contributed by atoms with van der Waals surface area (Å²) in [6.07, 6.45) is 1.14. The van der Waals surface area contributed by atoms with Crippen molar-refractivity contribution in [3.05, 3.63) is 41.4 Å². The van der Waals surface area contributed by atoms with Crippen LogP contribution in [0.2, 0.25) is 5.02 Å². The second-order valence-electron chi connectivity index (χ2n) is 7.35. The number of nitrogens with zero attached hydrogens (tertiary/aromatic N) is 4. The Morgan fingerprint density at radius 1 is 1.00 bits per heavy atom. The van der Waals surface area contributed by atoms with Gasteiger partial charge in [-0.05, 0) is 62.5 Å². The second-order valence-corrected chi connectivity index (χ2v) is 7.79. The average Bonchev–Trinajstić information content (AvgIpc) is 3.33. The molecule has 0 aliphatic carbocycles. The molecular weight excluding hydrogens is 384 g/mol. The highest BCUT2D eigenvalue weighted by molar-refractivity contribution is 6.31. The maximum atomic E-state index is 6.17. The summed E-state index contributed by atoms with van der Waals surface area (Å²) in [4.78, 5) is 12.9. The standard InChI is InChI=1S/C22H27ClN6/c1-4-29(5-2)12-6-11-28(3)16-8-10-19-20(14-16)25-22(24-19)21-17-13-15(23)7-9-18(17)26-27-21/h7-10,13-14H,4-6,11-12H2,1-3H3,(H,24,25)(H,26,27). The lowest BCUT2D eigenvalue weighted by Gasteiger charge is -2.22. The van der Waals surface area contributed by atoms with E-state index >= 15 is 0 Å². The number of rotatable bonds is 8. The van der Waals surface area contributed by atoms with Crippen molar-refractivity contribution in [1.29, 1.82) is 0 Å². The van der Waals surface area contributed by atoms with E-state index in [9.17, 15) is 0 Å². The molecule has 2 aromatic carbocycles. The minimum Gasteiger partial charge on any atom is -0.374 e. The lowest BCUT2D eigenvalue weighted by Crippen LogP contribution is -2.28. The van der Waals surface area contributed by atoms with Gasteiger partial charge in [0.05, 0.1) is 16.6 Å². The van der Waals surface area contributed by atoms with Crippen LogP contribution < -0.4 is 4.90 Å². The van der Waals surface area contributed by atoms with Crippen LogP contribution in [0, 0.1) is 0 Å². The quantitative estimate of drug-likeness (QED) is 0.432. The van der Waals surface area contributed by atoms with Gasteiger partial charge in [-0.3, -0.25) is 5.10 Å². The smallest absolute Gasteiger partial charge is 0.159 e. The molecule has 0 fully saturated rings. The number of hydrogen-bond acceptors (Lipinski definition) is 4. The maximum absolute atomic E-state index is 6.17. The Balaban J connectivity index is 1.55. The van der Waals surface area contributed by atoms with Gasteiger partial charge >= 0.3 is 0 Å². The van der Waals surface area contributed by atoms with Gasteiger partial charge in [-0.2, -0.15) is 5.10 Å². The summed E-state index contributed by atoms with van der Waals surface area (Å²) >= 11 is 6.17. The molecule has 2 aromatic heterocycles. The van der Waals surface area contributed by atoms with E-state index in [4.69, 9.17) is 16.6 Å². The van der Waals surface area contributed by atoms with Gasteiger partial charge in [0.15, 0.2) is 5.82 Å². The first-order valence-electron chi connectivity index (χ1n) is 10.2. The Morgan fingerprint density at radius 3 is 2.62 bits per heavy atom. The molecule has 152 valence electrons. The first-order valence-corrected chi connectivity index (χ1v) is 10.5. The van der Waals surface area contributed by atoms with E-state index < -0.39 is 0 Å². The van der Waals surface area contributed by atoms with Gasteiger partial charge in [0.1, 0.15) is 5.69 Å². The molecule has 0 atom stereocenters. The molecule has 6 nitrogen and oxygen atoms in total. The minimum atomic E-state index is 0.685. The molecule has 0 amide bonds. The van der Waals surface area contributed by atoms with E-state index in [0.717, 1.165) is 66.1 Å². The Morgan fingerprint density at radius 2 is 1.83 bits per heavy atom. The van der Waals surface area contributed by atoms with Crippen molar-refractivity contribution in [2.24, 2.45) is 0 Å². The SMILES string of the molecule is CCN(CC)CCCN(C)c1ccc2nc(-c3n[nH]c4ccc(Cl)cc34)[nH]c2c1. The first-order chi connectivity index (χ1) is 14.1. The maximum Gasteiger partial charge on any atom is 0.159 e. The van der Waals surface area contributed by atoms with Gasteiger partial charge in [0.25, 0.3) is 0 Å². The summed E-state index contributed by atoms with van der Waals surface area (Å²) in [5.41, 5.74) is 4.85. The summed E-state index contributed by atoms with van der Waals surface area (Å²) < 4.78 is 0. The lowest BCUT2D eigenvalue weighted by atomic mass is 10.2. The molecule has 0 radical (unpaired) electrons.